The summed E-state index contributed by atoms with van der Waals surface area (Å²) in [5.41, 5.74) is 2.18. The molecule has 0 saturated carbocycles. The number of benzene rings is 1. The van der Waals surface area contributed by atoms with Crippen LogP contribution in [0.5, 0.6) is 0 Å². The van der Waals surface area contributed by atoms with Crippen LogP contribution in [0.2, 0.25) is 0 Å². The van der Waals surface area contributed by atoms with Gasteiger partial charge in [0.2, 0.25) is 0 Å². The number of thiazole rings is 1. The number of nitrogens with zero attached hydrogens (tertiary/aromatic N) is 4. The van der Waals surface area contributed by atoms with Gasteiger partial charge >= 0.3 is 0 Å². The molecule has 2 aromatic rings. The normalized spacial score (nSPS) is 15.3. The molecule has 5 nitrogen and oxygen atoms in total. The third-order valence-electron chi connectivity index (χ3n) is 4.58. The minimum atomic E-state index is -0.188. The first kappa shape index (κ1) is 19.6. The Hall–Kier alpha value is -2.15. The second-order valence-electron chi connectivity index (χ2n) is 6.67. The molecule has 1 saturated heterocycles. The van der Waals surface area contributed by atoms with Crippen molar-refractivity contribution >= 4 is 23.0 Å². The van der Waals surface area contributed by atoms with Gasteiger partial charge in [0.25, 0.3) is 0 Å². The van der Waals surface area contributed by atoms with Gasteiger partial charge in [-0.05, 0) is 44.5 Å². The van der Waals surface area contributed by atoms with Crippen molar-refractivity contribution in [2.75, 3.05) is 44.2 Å². The first-order chi connectivity index (χ1) is 13.2. The summed E-state index contributed by atoms with van der Waals surface area (Å²) in [5.74, 6) is 0.804. The Kier molecular flexibility index (Phi) is 7.04. The molecule has 0 atom stereocenters. The van der Waals surface area contributed by atoms with Crippen LogP contribution < -0.4 is 10.2 Å². The number of piperazine rings is 1. The molecule has 1 aliphatic heterocycles. The van der Waals surface area contributed by atoms with Gasteiger partial charge in [0.05, 0.1) is 5.01 Å². The van der Waals surface area contributed by atoms with Crippen LogP contribution in [0.15, 0.2) is 34.6 Å². The number of hydrogen-bond donors (Lipinski definition) is 1. The van der Waals surface area contributed by atoms with Crippen molar-refractivity contribution in [2.24, 2.45) is 4.99 Å². The van der Waals surface area contributed by atoms with Gasteiger partial charge in [-0.1, -0.05) is 0 Å². The molecule has 2 heterocycles. The lowest BCUT2D eigenvalue weighted by molar-refractivity contribution is 0.372. The van der Waals surface area contributed by atoms with E-state index in [4.69, 9.17) is 4.99 Å². The quantitative estimate of drug-likeness (QED) is 0.468. The van der Waals surface area contributed by atoms with Crippen LogP contribution in [0.1, 0.15) is 24.0 Å². The Balaban J connectivity index is 1.50. The van der Waals surface area contributed by atoms with E-state index in [1.165, 1.54) is 17.1 Å². The fraction of sp³-hybridized carbons (Fsp3) is 0.500. The van der Waals surface area contributed by atoms with E-state index in [1.807, 2.05) is 19.1 Å². The van der Waals surface area contributed by atoms with Crippen molar-refractivity contribution in [3.8, 4) is 0 Å². The number of aliphatic imine (C=N–C) groups is 1. The molecule has 0 spiro atoms. The molecular weight excluding hydrogens is 361 g/mol. The van der Waals surface area contributed by atoms with Gasteiger partial charge in [-0.2, -0.15) is 0 Å². The fourth-order valence-electron chi connectivity index (χ4n) is 3.19. The van der Waals surface area contributed by atoms with Crippen LogP contribution in [0.3, 0.4) is 0 Å². The van der Waals surface area contributed by atoms with Crippen molar-refractivity contribution < 1.29 is 4.39 Å². The van der Waals surface area contributed by atoms with Crippen LogP contribution >= 0.6 is 11.3 Å². The molecule has 0 bridgehead atoms. The lowest BCUT2D eigenvalue weighted by Gasteiger charge is -2.37. The number of nitrogens with one attached hydrogen (secondary N) is 1. The zero-order valence-corrected chi connectivity index (χ0v) is 16.9. The van der Waals surface area contributed by atoms with E-state index in [0.29, 0.717) is 0 Å². The van der Waals surface area contributed by atoms with E-state index >= 15 is 0 Å². The number of aryl methyl sites for hydroxylation is 2. The van der Waals surface area contributed by atoms with E-state index in [2.05, 4.69) is 32.4 Å². The molecule has 0 amide bonds. The molecule has 1 N–H and O–H groups in total. The molecule has 0 unspecified atom stereocenters. The van der Waals surface area contributed by atoms with Gasteiger partial charge < -0.3 is 15.1 Å². The Morgan fingerprint density at radius 3 is 2.59 bits per heavy atom. The van der Waals surface area contributed by atoms with E-state index in [-0.39, 0.29) is 5.82 Å². The van der Waals surface area contributed by atoms with Gasteiger partial charge in [-0.3, -0.25) is 4.99 Å². The third kappa shape index (κ3) is 5.66. The molecule has 3 rings (SSSR count). The van der Waals surface area contributed by atoms with Crippen molar-refractivity contribution in [3.05, 3.63) is 46.2 Å². The molecule has 1 fully saturated rings. The SMILES string of the molecule is CCNC(=NCCCc1nc(C)cs1)N1CCN(c2ccc(F)cc2)CC1. The lowest BCUT2D eigenvalue weighted by Crippen LogP contribution is -2.52. The summed E-state index contributed by atoms with van der Waals surface area (Å²) in [6, 6.07) is 6.75. The maximum atomic E-state index is 13.1. The molecule has 0 radical (unpaired) electrons. The monoisotopic (exact) mass is 389 g/mol. The largest absolute Gasteiger partial charge is 0.368 e. The molecule has 146 valence electrons. The smallest absolute Gasteiger partial charge is 0.194 e. The second-order valence-corrected chi connectivity index (χ2v) is 7.62. The summed E-state index contributed by atoms with van der Waals surface area (Å²) in [7, 11) is 0. The Labute approximate surface area is 164 Å². The number of halogens is 1. The van der Waals surface area contributed by atoms with Gasteiger partial charge in [0.1, 0.15) is 5.82 Å². The zero-order valence-electron chi connectivity index (χ0n) is 16.1. The maximum Gasteiger partial charge on any atom is 0.194 e. The standard InChI is InChI=1S/C20H28FN5S/c1-3-22-20(23-10-4-5-19-24-16(2)15-27-19)26-13-11-25(12-14-26)18-8-6-17(21)7-9-18/h6-9,15H,3-5,10-14H2,1-2H3,(H,22,23). The van der Waals surface area contributed by atoms with E-state index in [0.717, 1.165) is 69.5 Å². The number of hydrogen-bond acceptors (Lipinski definition) is 4. The number of guanidine groups is 1. The molecule has 0 aliphatic carbocycles. The van der Waals surface area contributed by atoms with Crippen molar-refractivity contribution in [1.29, 1.82) is 0 Å². The first-order valence-electron chi connectivity index (χ1n) is 9.60. The highest BCUT2D eigenvalue weighted by atomic mass is 32.1. The van der Waals surface area contributed by atoms with E-state index in [9.17, 15) is 4.39 Å². The molecular formula is C20H28FN5S. The van der Waals surface area contributed by atoms with Gasteiger partial charge in [-0.15, -0.1) is 11.3 Å². The molecule has 7 heteroatoms. The highest BCUT2D eigenvalue weighted by Gasteiger charge is 2.19. The van der Waals surface area contributed by atoms with E-state index in [1.54, 1.807) is 11.3 Å². The summed E-state index contributed by atoms with van der Waals surface area (Å²) >= 11 is 1.73. The van der Waals surface area contributed by atoms with Gasteiger partial charge in [-0.25, -0.2) is 9.37 Å². The Morgan fingerprint density at radius 2 is 1.96 bits per heavy atom. The molecule has 1 aromatic heterocycles. The predicted octanol–water partition coefficient (Wildman–Crippen LogP) is 3.31. The highest BCUT2D eigenvalue weighted by Crippen LogP contribution is 2.17. The molecule has 1 aromatic carbocycles. The first-order valence-corrected chi connectivity index (χ1v) is 10.5. The van der Waals surface area contributed by atoms with Crippen LogP contribution in [0.4, 0.5) is 10.1 Å². The lowest BCUT2D eigenvalue weighted by atomic mass is 10.2. The van der Waals surface area contributed by atoms with E-state index < -0.39 is 0 Å². The predicted molar refractivity (Wildman–Crippen MR) is 111 cm³/mol. The van der Waals surface area contributed by atoms with Crippen LogP contribution in [0.25, 0.3) is 0 Å². The summed E-state index contributed by atoms with van der Waals surface area (Å²) in [6.45, 7) is 9.45. The molecule has 1 aliphatic rings. The Bertz CT molecular complexity index is 735. The fourth-order valence-corrected chi connectivity index (χ4v) is 4.01. The van der Waals surface area contributed by atoms with Gasteiger partial charge in [0, 0.05) is 62.5 Å². The summed E-state index contributed by atoms with van der Waals surface area (Å²) in [6.07, 6.45) is 2.00. The van der Waals surface area contributed by atoms with Crippen LogP contribution in [0, 0.1) is 12.7 Å². The topological polar surface area (TPSA) is 43.8 Å². The van der Waals surface area contributed by atoms with Crippen molar-refractivity contribution in [3.63, 3.8) is 0 Å². The Morgan fingerprint density at radius 1 is 1.22 bits per heavy atom. The summed E-state index contributed by atoms with van der Waals surface area (Å²) in [5, 5.41) is 6.71. The number of aromatic nitrogens is 1. The number of rotatable bonds is 6. The van der Waals surface area contributed by atoms with Gasteiger partial charge in [0.15, 0.2) is 5.96 Å². The minimum absolute atomic E-state index is 0.188. The van der Waals surface area contributed by atoms with Crippen LogP contribution in [-0.4, -0.2) is 55.1 Å². The molecule has 27 heavy (non-hydrogen) atoms. The summed E-state index contributed by atoms with van der Waals surface area (Å²) < 4.78 is 13.1. The average molecular weight is 390 g/mol. The maximum absolute atomic E-state index is 13.1. The summed E-state index contributed by atoms with van der Waals surface area (Å²) in [4.78, 5) is 13.9. The highest BCUT2D eigenvalue weighted by molar-refractivity contribution is 7.09. The van der Waals surface area contributed by atoms with Crippen molar-refractivity contribution in [1.82, 2.24) is 15.2 Å². The third-order valence-corrected chi connectivity index (χ3v) is 5.61. The zero-order chi connectivity index (χ0) is 19.1. The average Bonchev–Trinajstić information content (AvgIpc) is 3.10. The second kappa shape index (κ2) is 9.69. The minimum Gasteiger partial charge on any atom is -0.368 e. The van der Waals surface area contributed by atoms with Crippen molar-refractivity contribution in [2.45, 2.75) is 26.7 Å². The van der Waals surface area contributed by atoms with Crippen LogP contribution in [-0.2, 0) is 6.42 Å². The number of anilines is 1.